The molecule has 21 heavy (non-hydrogen) atoms. The number of hydrogen-bond acceptors (Lipinski definition) is 5. The highest BCUT2D eigenvalue weighted by atomic mass is 79.9. The lowest BCUT2D eigenvalue weighted by atomic mass is 9.98. The van der Waals surface area contributed by atoms with Crippen molar-refractivity contribution in [1.29, 1.82) is 0 Å². The van der Waals surface area contributed by atoms with Gasteiger partial charge in [-0.15, -0.1) is 0 Å². The van der Waals surface area contributed by atoms with Gasteiger partial charge >= 0.3 is 5.97 Å². The first kappa shape index (κ1) is 15.4. The minimum absolute atomic E-state index is 0.444. The second kappa shape index (κ2) is 6.22. The van der Waals surface area contributed by atoms with Crippen LogP contribution in [0.5, 0.6) is 5.75 Å². The van der Waals surface area contributed by atoms with Crippen molar-refractivity contribution in [2.75, 3.05) is 19.5 Å². The van der Waals surface area contributed by atoms with Gasteiger partial charge in [0.1, 0.15) is 11.5 Å². The standard InChI is InChI=1S/C15H16BrNO4/c1-15(14(18)20-3,12-8-9-13(16)21-12)17-10-4-6-11(19-2)7-5-10/h4-9,17H,1-3H3. The fraction of sp³-hybridized carbons (Fsp3) is 0.267. The molecule has 1 unspecified atom stereocenters. The monoisotopic (exact) mass is 353 g/mol. The normalized spacial score (nSPS) is 13.3. The molecule has 5 nitrogen and oxygen atoms in total. The van der Waals surface area contributed by atoms with Crippen molar-refractivity contribution in [3.8, 4) is 5.75 Å². The van der Waals surface area contributed by atoms with Crippen LogP contribution in [0.25, 0.3) is 0 Å². The number of ether oxygens (including phenoxy) is 2. The fourth-order valence-corrected chi connectivity index (χ4v) is 2.27. The van der Waals surface area contributed by atoms with E-state index < -0.39 is 11.5 Å². The Morgan fingerprint density at radius 2 is 1.86 bits per heavy atom. The minimum Gasteiger partial charge on any atom is -0.497 e. The maximum Gasteiger partial charge on any atom is 0.339 e. The molecule has 0 bridgehead atoms. The minimum atomic E-state index is -1.13. The third kappa shape index (κ3) is 3.21. The van der Waals surface area contributed by atoms with E-state index in [1.54, 1.807) is 38.3 Å². The number of rotatable bonds is 5. The van der Waals surface area contributed by atoms with Gasteiger partial charge in [0.15, 0.2) is 10.2 Å². The van der Waals surface area contributed by atoms with Crippen LogP contribution in [-0.4, -0.2) is 20.2 Å². The molecular formula is C15H16BrNO4. The molecule has 0 saturated carbocycles. The molecule has 1 N–H and O–H groups in total. The molecule has 1 aromatic heterocycles. The molecule has 0 spiro atoms. The predicted molar refractivity (Wildman–Crippen MR) is 82.4 cm³/mol. The fourth-order valence-electron chi connectivity index (χ4n) is 1.96. The molecule has 0 aliphatic heterocycles. The Hall–Kier alpha value is -1.95. The van der Waals surface area contributed by atoms with Crippen molar-refractivity contribution in [2.45, 2.75) is 12.5 Å². The van der Waals surface area contributed by atoms with Crippen molar-refractivity contribution in [3.05, 3.63) is 46.8 Å². The van der Waals surface area contributed by atoms with Gasteiger partial charge in [0.2, 0.25) is 0 Å². The lowest BCUT2D eigenvalue weighted by molar-refractivity contribution is -0.146. The summed E-state index contributed by atoms with van der Waals surface area (Å²) in [6.07, 6.45) is 0. The number of furan rings is 1. The van der Waals surface area contributed by atoms with Gasteiger partial charge in [-0.2, -0.15) is 0 Å². The molecule has 6 heteroatoms. The Balaban J connectivity index is 2.34. The molecule has 1 atom stereocenters. The average Bonchev–Trinajstić information content (AvgIpc) is 2.94. The molecule has 112 valence electrons. The van der Waals surface area contributed by atoms with Gasteiger partial charge in [0, 0.05) is 5.69 Å². The van der Waals surface area contributed by atoms with Crippen LogP contribution in [-0.2, 0) is 15.1 Å². The molecule has 0 saturated heterocycles. The number of benzene rings is 1. The van der Waals surface area contributed by atoms with Gasteiger partial charge in [-0.1, -0.05) is 0 Å². The second-order valence-corrected chi connectivity index (χ2v) is 5.36. The third-order valence-electron chi connectivity index (χ3n) is 3.14. The van der Waals surface area contributed by atoms with Crippen LogP contribution >= 0.6 is 15.9 Å². The van der Waals surface area contributed by atoms with E-state index in [0.29, 0.717) is 10.4 Å². The highest BCUT2D eigenvalue weighted by molar-refractivity contribution is 9.10. The first-order valence-corrected chi connectivity index (χ1v) is 7.05. The third-order valence-corrected chi connectivity index (χ3v) is 3.57. The number of esters is 1. The Morgan fingerprint density at radius 1 is 1.19 bits per heavy atom. The zero-order chi connectivity index (χ0) is 15.5. The topological polar surface area (TPSA) is 60.7 Å². The molecule has 0 aliphatic carbocycles. The highest BCUT2D eigenvalue weighted by Crippen LogP contribution is 2.31. The van der Waals surface area contributed by atoms with Crippen LogP contribution in [0, 0.1) is 0 Å². The Labute approximate surface area is 131 Å². The maximum atomic E-state index is 12.2. The number of halogens is 1. The van der Waals surface area contributed by atoms with E-state index in [-0.39, 0.29) is 0 Å². The molecule has 0 fully saturated rings. The van der Waals surface area contributed by atoms with Crippen LogP contribution in [0.15, 0.2) is 45.5 Å². The molecule has 2 rings (SSSR count). The summed E-state index contributed by atoms with van der Waals surface area (Å²) in [6.45, 7) is 1.70. The van der Waals surface area contributed by atoms with E-state index >= 15 is 0 Å². The lowest BCUT2D eigenvalue weighted by Gasteiger charge is -2.27. The zero-order valence-electron chi connectivity index (χ0n) is 12.0. The summed E-state index contributed by atoms with van der Waals surface area (Å²) in [5, 5.41) is 3.14. The van der Waals surface area contributed by atoms with E-state index in [9.17, 15) is 4.79 Å². The van der Waals surface area contributed by atoms with Gasteiger partial charge in [-0.3, -0.25) is 0 Å². The summed E-state index contributed by atoms with van der Waals surface area (Å²) in [4.78, 5) is 12.2. The molecule has 0 aliphatic rings. The van der Waals surface area contributed by atoms with Crippen LogP contribution in [0.1, 0.15) is 12.7 Å². The van der Waals surface area contributed by atoms with Gasteiger partial charge in [0.05, 0.1) is 14.2 Å². The number of carbonyl (C=O) groups excluding carboxylic acids is 1. The van der Waals surface area contributed by atoms with Gasteiger partial charge in [0.25, 0.3) is 0 Å². The summed E-state index contributed by atoms with van der Waals surface area (Å²) in [6, 6.07) is 10.7. The Kier molecular flexibility index (Phi) is 4.57. The van der Waals surface area contributed by atoms with Gasteiger partial charge < -0.3 is 19.2 Å². The summed E-state index contributed by atoms with van der Waals surface area (Å²) in [5.41, 5.74) is -0.383. The number of hydrogen-bond donors (Lipinski definition) is 1. The number of methoxy groups -OCH3 is 2. The van der Waals surface area contributed by atoms with Gasteiger partial charge in [-0.25, -0.2) is 4.79 Å². The van der Waals surface area contributed by atoms with Crippen LogP contribution in [0.2, 0.25) is 0 Å². The van der Waals surface area contributed by atoms with Crippen LogP contribution in [0.4, 0.5) is 5.69 Å². The Morgan fingerprint density at radius 3 is 2.33 bits per heavy atom. The summed E-state index contributed by atoms with van der Waals surface area (Å²) < 4.78 is 16.1. The van der Waals surface area contributed by atoms with E-state index in [4.69, 9.17) is 13.9 Å². The van der Waals surface area contributed by atoms with Crippen LogP contribution < -0.4 is 10.1 Å². The smallest absolute Gasteiger partial charge is 0.339 e. The molecule has 0 radical (unpaired) electrons. The van der Waals surface area contributed by atoms with Crippen molar-refractivity contribution in [3.63, 3.8) is 0 Å². The Bertz CT molecular complexity index is 623. The largest absolute Gasteiger partial charge is 0.497 e. The van der Waals surface area contributed by atoms with Crippen LogP contribution in [0.3, 0.4) is 0 Å². The predicted octanol–water partition coefficient (Wildman–Crippen LogP) is 3.55. The van der Waals surface area contributed by atoms with E-state index in [1.807, 2.05) is 12.1 Å². The molecular weight excluding hydrogens is 338 g/mol. The zero-order valence-corrected chi connectivity index (χ0v) is 13.6. The quantitative estimate of drug-likeness (QED) is 0.832. The van der Waals surface area contributed by atoms with Crippen molar-refractivity contribution < 1.29 is 18.7 Å². The van der Waals surface area contributed by atoms with E-state index in [1.165, 1.54) is 7.11 Å². The van der Waals surface area contributed by atoms with E-state index in [2.05, 4.69) is 21.2 Å². The average molecular weight is 354 g/mol. The molecule has 2 aromatic rings. The number of carbonyl (C=O) groups is 1. The first-order chi connectivity index (χ1) is 9.99. The number of anilines is 1. The van der Waals surface area contributed by atoms with Gasteiger partial charge in [-0.05, 0) is 59.3 Å². The molecule has 1 heterocycles. The summed E-state index contributed by atoms with van der Waals surface area (Å²) in [7, 11) is 2.94. The van der Waals surface area contributed by atoms with E-state index in [0.717, 1.165) is 11.4 Å². The maximum absolute atomic E-state index is 12.2. The molecule has 1 aromatic carbocycles. The van der Waals surface area contributed by atoms with Crippen molar-refractivity contribution in [2.24, 2.45) is 0 Å². The first-order valence-electron chi connectivity index (χ1n) is 6.26. The summed E-state index contributed by atoms with van der Waals surface area (Å²) >= 11 is 3.24. The SMILES string of the molecule is COC(=O)C(C)(Nc1ccc(OC)cc1)c1ccc(Br)o1. The highest BCUT2D eigenvalue weighted by Gasteiger charge is 2.39. The number of nitrogens with one attached hydrogen (secondary N) is 1. The summed E-state index contributed by atoms with van der Waals surface area (Å²) in [5.74, 6) is 0.748. The lowest BCUT2D eigenvalue weighted by Crippen LogP contribution is -2.41. The second-order valence-electron chi connectivity index (χ2n) is 4.57. The molecule has 0 amide bonds. The van der Waals surface area contributed by atoms with Crippen molar-refractivity contribution in [1.82, 2.24) is 0 Å². The van der Waals surface area contributed by atoms with Crippen molar-refractivity contribution >= 4 is 27.6 Å².